The summed E-state index contributed by atoms with van der Waals surface area (Å²) in [5, 5.41) is 10.1. The van der Waals surface area contributed by atoms with Crippen molar-refractivity contribution in [2.24, 2.45) is 0 Å². The highest BCUT2D eigenvalue weighted by atomic mass is 35.5. The fraction of sp³-hybridized carbons (Fsp3) is 0.231. The molecule has 0 unspecified atom stereocenters. The molecule has 0 radical (unpaired) electrons. The van der Waals surface area contributed by atoms with E-state index in [1.165, 1.54) is 6.26 Å². The number of amides is 1. The maximum absolute atomic E-state index is 11.7. The van der Waals surface area contributed by atoms with Crippen molar-refractivity contribution in [2.75, 3.05) is 11.9 Å². The Morgan fingerprint density at radius 1 is 1.42 bits per heavy atom. The lowest BCUT2D eigenvalue weighted by Gasteiger charge is -2.09. The lowest BCUT2D eigenvalue weighted by atomic mass is 10.2. The van der Waals surface area contributed by atoms with Gasteiger partial charge in [-0.15, -0.1) is 0 Å². The van der Waals surface area contributed by atoms with E-state index in [-0.39, 0.29) is 12.5 Å². The summed E-state index contributed by atoms with van der Waals surface area (Å²) in [6.07, 6.45) is 1.49. The number of aryl methyl sites for hydroxylation is 1. The summed E-state index contributed by atoms with van der Waals surface area (Å²) in [5.41, 5.74) is 2.45. The number of hydrogen-bond acceptors (Lipinski definition) is 4. The summed E-state index contributed by atoms with van der Waals surface area (Å²) in [5.74, 6) is -0.131. The first kappa shape index (κ1) is 13.6. The predicted molar refractivity (Wildman–Crippen MR) is 73.0 cm³/mol. The first-order chi connectivity index (χ1) is 9.15. The van der Waals surface area contributed by atoms with Gasteiger partial charge in [-0.25, -0.2) is 0 Å². The van der Waals surface area contributed by atoms with Gasteiger partial charge >= 0.3 is 0 Å². The van der Waals surface area contributed by atoms with Gasteiger partial charge in [-0.2, -0.15) is 0 Å². The molecule has 2 rings (SSSR count). The maximum Gasteiger partial charge on any atom is 0.238 e. The van der Waals surface area contributed by atoms with Gasteiger partial charge in [0.25, 0.3) is 0 Å². The second-order valence-electron chi connectivity index (χ2n) is 4.10. The minimum absolute atomic E-state index is 0.131. The Bertz CT molecular complexity index is 555. The third-order valence-corrected chi connectivity index (χ3v) is 2.79. The molecule has 0 fully saturated rings. The Labute approximate surface area is 115 Å². The van der Waals surface area contributed by atoms with Crippen LogP contribution in [0.15, 0.2) is 35.1 Å². The average Bonchev–Trinajstić information content (AvgIpc) is 2.87. The van der Waals surface area contributed by atoms with Crippen LogP contribution >= 0.6 is 11.6 Å². The van der Waals surface area contributed by atoms with Gasteiger partial charge in [0, 0.05) is 23.3 Å². The summed E-state index contributed by atoms with van der Waals surface area (Å²) < 4.78 is 4.69. The van der Waals surface area contributed by atoms with Gasteiger partial charge in [0.1, 0.15) is 6.26 Å². The minimum atomic E-state index is -0.131. The Kier molecular flexibility index (Phi) is 4.54. The number of benzene rings is 1. The molecule has 1 aromatic heterocycles. The van der Waals surface area contributed by atoms with Gasteiger partial charge < -0.3 is 15.2 Å². The van der Waals surface area contributed by atoms with Gasteiger partial charge in [-0.3, -0.25) is 4.79 Å². The average molecular weight is 280 g/mol. The van der Waals surface area contributed by atoms with Gasteiger partial charge in [0.15, 0.2) is 0 Å². The molecular formula is C13H14ClN3O2. The number of carbonyl (C=O) groups excluding carboxylic acids is 1. The number of carbonyl (C=O) groups is 1. The van der Waals surface area contributed by atoms with Crippen LogP contribution in [-0.2, 0) is 11.3 Å². The number of rotatable bonds is 5. The fourth-order valence-corrected chi connectivity index (χ4v) is 1.73. The molecule has 0 aliphatic rings. The molecule has 0 bridgehead atoms. The van der Waals surface area contributed by atoms with E-state index in [1.807, 2.05) is 13.0 Å². The highest BCUT2D eigenvalue weighted by Crippen LogP contribution is 2.19. The summed E-state index contributed by atoms with van der Waals surface area (Å²) in [4.78, 5) is 11.7. The highest BCUT2D eigenvalue weighted by molar-refractivity contribution is 6.31. The van der Waals surface area contributed by atoms with Crippen molar-refractivity contribution in [3.05, 3.63) is 46.8 Å². The lowest BCUT2D eigenvalue weighted by Crippen LogP contribution is -2.28. The van der Waals surface area contributed by atoms with Crippen LogP contribution in [0.1, 0.15) is 11.3 Å². The minimum Gasteiger partial charge on any atom is -0.364 e. The third-order valence-electron chi connectivity index (χ3n) is 2.56. The summed E-state index contributed by atoms with van der Waals surface area (Å²) in [6.45, 7) is 2.59. The zero-order valence-electron chi connectivity index (χ0n) is 10.4. The molecule has 19 heavy (non-hydrogen) atoms. The van der Waals surface area contributed by atoms with Gasteiger partial charge in [0.2, 0.25) is 5.91 Å². The molecular weight excluding hydrogens is 266 g/mol. The van der Waals surface area contributed by atoms with Crippen molar-refractivity contribution in [3.8, 4) is 0 Å². The van der Waals surface area contributed by atoms with E-state index in [0.29, 0.717) is 11.6 Å². The lowest BCUT2D eigenvalue weighted by molar-refractivity contribution is -0.115. The van der Waals surface area contributed by atoms with Crippen LogP contribution in [0.25, 0.3) is 0 Å². The summed E-state index contributed by atoms with van der Waals surface area (Å²) >= 11 is 5.89. The molecule has 6 heteroatoms. The van der Waals surface area contributed by atoms with Crippen molar-refractivity contribution in [1.29, 1.82) is 0 Å². The van der Waals surface area contributed by atoms with Crippen molar-refractivity contribution in [2.45, 2.75) is 13.5 Å². The molecule has 2 aromatic rings. The van der Waals surface area contributed by atoms with E-state index >= 15 is 0 Å². The van der Waals surface area contributed by atoms with Gasteiger partial charge in [-0.1, -0.05) is 22.8 Å². The van der Waals surface area contributed by atoms with E-state index in [4.69, 9.17) is 16.1 Å². The maximum atomic E-state index is 11.7. The Morgan fingerprint density at radius 3 is 3.00 bits per heavy atom. The van der Waals surface area contributed by atoms with Crippen LogP contribution in [0.2, 0.25) is 5.02 Å². The smallest absolute Gasteiger partial charge is 0.238 e. The number of hydrogen-bond donors (Lipinski definition) is 2. The van der Waals surface area contributed by atoms with E-state index in [9.17, 15) is 4.79 Å². The normalized spacial score (nSPS) is 10.4. The van der Waals surface area contributed by atoms with E-state index < -0.39 is 0 Å². The zero-order chi connectivity index (χ0) is 13.7. The number of halogens is 1. The van der Waals surface area contributed by atoms with Crippen molar-refractivity contribution < 1.29 is 9.32 Å². The van der Waals surface area contributed by atoms with Gasteiger partial charge in [0.05, 0.1) is 12.2 Å². The summed E-state index contributed by atoms with van der Waals surface area (Å²) in [7, 11) is 0. The Morgan fingerprint density at radius 2 is 2.26 bits per heavy atom. The molecule has 1 aromatic carbocycles. The fourth-order valence-electron chi connectivity index (χ4n) is 1.56. The summed E-state index contributed by atoms with van der Waals surface area (Å²) in [6, 6.07) is 7.12. The van der Waals surface area contributed by atoms with Crippen molar-refractivity contribution >= 4 is 23.2 Å². The van der Waals surface area contributed by atoms with Crippen LogP contribution in [0, 0.1) is 6.92 Å². The molecule has 2 N–H and O–H groups in total. The van der Waals surface area contributed by atoms with Crippen LogP contribution < -0.4 is 10.6 Å². The molecule has 0 saturated heterocycles. The monoisotopic (exact) mass is 279 g/mol. The van der Waals surface area contributed by atoms with E-state index in [1.54, 1.807) is 18.2 Å². The van der Waals surface area contributed by atoms with Crippen molar-refractivity contribution in [1.82, 2.24) is 10.5 Å². The number of aromatic nitrogens is 1. The van der Waals surface area contributed by atoms with Crippen LogP contribution in [0.5, 0.6) is 0 Å². The zero-order valence-corrected chi connectivity index (χ0v) is 11.2. The molecule has 0 saturated carbocycles. The van der Waals surface area contributed by atoms with E-state index in [2.05, 4.69) is 15.8 Å². The molecule has 1 amide bonds. The van der Waals surface area contributed by atoms with Crippen molar-refractivity contribution in [3.63, 3.8) is 0 Å². The Balaban J connectivity index is 1.82. The second-order valence-corrected chi connectivity index (χ2v) is 4.54. The molecule has 5 nitrogen and oxygen atoms in total. The molecule has 0 atom stereocenters. The largest absolute Gasteiger partial charge is 0.364 e. The standard InChI is InChI=1S/C13H14ClN3O2/c1-9-2-3-10(14)6-12(9)16-13(18)8-15-7-11-4-5-19-17-11/h2-6,15H,7-8H2,1H3,(H,16,18). The topological polar surface area (TPSA) is 67.2 Å². The van der Waals surface area contributed by atoms with Crippen LogP contribution in [-0.4, -0.2) is 17.6 Å². The molecule has 0 spiro atoms. The number of nitrogens with one attached hydrogen (secondary N) is 2. The Hall–Kier alpha value is -1.85. The quantitative estimate of drug-likeness (QED) is 0.882. The van der Waals surface area contributed by atoms with E-state index in [0.717, 1.165) is 16.9 Å². The number of anilines is 1. The molecule has 1 heterocycles. The first-order valence-electron chi connectivity index (χ1n) is 5.81. The predicted octanol–water partition coefficient (Wildman–Crippen LogP) is 2.36. The van der Waals surface area contributed by atoms with Crippen LogP contribution in [0.4, 0.5) is 5.69 Å². The molecule has 0 aliphatic carbocycles. The number of nitrogens with zero attached hydrogens (tertiary/aromatic N) is 1. The second kappa shape index (κ2) is 6.36. The van der Waals surface area contributed by atoms with Gasteiger partial charge in [-0.05, 0) is 24.6 Å². The third kappa shape index (κ3) is 4.08. The molecule has 100 valence electrons. The first-order valence-corrected chi connectivity index (χ1v) is 6.19. The SMILES string of the molecule is Cc1ccc(Cl)cc1NC(=O)CNCc1ccon1. The van der Waals surface area contributed by atoms with Crippen LogP contribution in [0.3, 0.4) is 0 Å². The highest BCUT2D eigenvalue weighted by Gasteiger charge is 2.05. The molecule has 0 aliphatic heterocycles.